The summed E-state index contributed by atoms with van der Waals surface area (Å²) in [7, 11) is 1.66. The van der Waals surface area contributed by atoms with Crippen LogP contribution < -0.4 is 4.74 Å². The molecule has 0 saturated heterocycles. The summed E-state index contributed by atoms with van der Waals surface area (Å²) in [6.45, 7) is 0.471. The van der Waals surface area contributed by atoms with E-state index in [2.05, 4.69) is 25.8 Å². The van der Waals surface area contributed by atoms with Gasteiger partial charge in [-0.1, -0.05) is 47.7 Å². The zero-order valence-corrected chi connectivity index (χ0v) is 19.1. The number of nitrogens with zero attached hydrogens (tertiary/aromatic N) is 7. The third-order valence-electron chi connectivity index (χ3n) is 5.45. The molecule has 2 aromatic carbocycles. The molecule has 0 saturated carbocycles. The van der Waals surface area contributed by atoms with Crippen LogP contribution in [-0.2, 0) is 6.54 Å². The summed E-state index contributed by atoms with van der Waals surface area (Å²) in [5.41, 5.74) is 3.79. The van der Waals surface area contributed by atoms with Gasteiger partial charge in [0.25, 0.3) is 0 Å². The van der Waals surface area contributed by atoms with Crippen molar-refractivity contribution in [2.75, 3.05) is 7.11 Å². The van der Waals surface area contributed by atoms with E-state index in [1.807, 2.05) is 72.8 Å². The third-order valence-corrected chi connectivity index (χ3v) is 6.32. The fourth-order valence-electron chi connectivity index (χ4n) is 3.79. The molecule has 8 nitrogen and oxygen atoms in total. The monoisotopic (exact) mass is 465 g/mol. The molecule has 34 heavy (non-hydrogen) atoms. The van der Waals surface area contributed by atoms with E-state index in [1.54, 1.807) is 17.8 Å². The predicted octanol–water partition coefficient (Wildman–Crippen LogP) is 4.82. The van der Waals surface area contributed by atoms with Crippen LogP contribution in [0.2, 0.25) is 0 Å². The third kappa shape index (κ3) is 3.71. The molecular formula is C25H19N7OS. The van der Waals surface area contributed by atoms with Crippen LogP contribution in [0.25, 0.3) is 39.7 Å². The summed E-state index contributed by atoms with van der Waals surface area (Å²) < 4.78 is 9.13. The van der Waals surface area contributed by atoms with Crippen LogP contribution in [-0.4, -0.2) is 41.5 Å². The van der Waals surface area contributed by atoms with Crippen LogP contribution >= 0.6 is 11.3 Å². The summed E-state index contributed by atoms with van der Waals surface area (Å²) in [4.78, 5) is 10.1. The highest BCUT2D eigenvalue weighted by molar-refractivity contribution is 7.17. The van der Waals surface area contributed by atoms with Crippen molar-refractivity contribution in [1.29, 1.82) is 0 Å². The van der Waals surface area contributed by atoms with Crippen LogP contribution in [0.15, 0.2) is 72.9 Å². The average molecular weight is 466 g/mol. The number of imidazole rings is 1. The van der Waals surface area contributed by atoms with Crippen molar-refractivity contribution < 1.29 is 4.74 Å². The lowest BCUT2D eigenvalue weighted by Crippen LogP contribution is -2.07. The van der Waals surface area contributed by atoms with E-state index >= 15 is 0 Å². The maximum Gasteiger partial charge on any atom is 0.235 e. The van der Waals surface area contributed by atoms with Crippen molar-refractivity contribution >= 4 is 39.5 Å². The number of rotatable bonds is 6. The number of hydrogen-bond donors (Lipinski definition) is 0. The zero-order chi connectivity index (χ0) is 22.9. The SMILES string of the molecule is COc1ccc(C=Cc2nn3c(Cn4c(-c5ccccn5)nc5ccccc54)nnc3s2)cc1. The zero-order valence-electron chi connectivity index (χ0n) is 18.2. The van der Waals surface area contributed by atoms with E-state index in [4.69, 9.17) is 14.8 Å². The largest absolute Gasteiger partial charge is 0.497 e. The Labute approximate surface area is 198 Å². The lowest BCUT2D eigenvalue weighted by Gasteiger charge is -2.07. The molecule has 4 heterocycles. The summed E-state index contributed by atoms with van der Waals surface area (Å²) in [6, 6.07) is 21.7. The molecule has 0 spiro atoms. The maximum atomic E-state index is 5.22. The molecule has 0 unspecified atom stereocenters. The second-order valence-corrected chi connectivity index (χ2v) is 8.57. The predicted molar refractivity (Wildman–Crippen MR) is 133 cm³/mol. The first-order valence-electron chi connectivity index (χ1n) is 10.7. The molecular weight excluding hydrogens is 446 g/mol. The topological polar surface area (TPSA) is 83.0 Å². The second kappa shape index (κ2) is 8.53. The molecule has 0 N–H and O–H groups in total. The Morgan fingerprint density at radius 1 is 0.941 bits per heavy atom. The Hall–Kier alpha value is -4.37. The van der Waals surface area contributed by atoms with Gasteiger partial charge in [0.2, 0.25) is 4.96 Å². The number of fused-ring (bicyclic) bond motifs is 2. The van der Waals surface area contributed by atoms with Gasteiger partial charge in [0.1, 0.15) is 16.5 Å². The summed E-state index contributed by atoms with van der Waals surface area (Å²) in [5, 5.41) is 14.3. The van der Waals surface area contributed by atoms with Gasteiger partial charge in [-0.25, -0.2) is 4.98 Å². The Bertz CT molecular complexity index is 1610. The van der Waals surface area contributed by atoms with Gasteiger partial charge >= 0.3 is 0 Å². The van der Waals surface area contributed by atoms with Crippen molar-refractivity contribution in [3.8, 4) is 17.3 Å². The summed E-state index contributed by atoms with van der Waals surface area (Å²) >= 11 is 1.49. The minimum Gasteiger partial charge on any atom is -0.497 e. The van der Waals surface area contributed by atoms with E-state index in [-0.39, 0.29) is 0 Å². The number of ether oxygens (including phenoxy) is 1. The van der Waals surface area contributed by atoms with Crippen LogP contribution in [0, 0.1) is 0 Å². The lowest BCUT2D eigenvalue weighted by molar-refractivity contribution is 0.415. The number of hydrogen-bond acceptors (Lipinski definition) is 7. The second-order valence-electron chi connectivity index (χ2n) is 7.58. The smallest absolute Gasteiger partial charge is 0.235 e. The molecule has 4 aromatic heterocycles. The van der Waals surface area contributed by atoms with Crippen molar-refractivity contribution in [3.05, 3.63) is 89.3 Å². The lowest BCUT2D eigenvalue weighted by atomic mass is 10.2. The van der Waals surface area contributed by atoms with Gasteiger partial charge in [-0.2, -0.15) is 9.61 Å². The number of aromatic nitrogens is 7. The minimum atomic E-state index is 0.471. The van der Waals surface area contributed by atoms with Crippen molar-refractivity contribution in [1.82, 2.24) is 34.3 Å². The molecule has 9 heteroatoms. The van der Waals surface area contributed by atoms with Crippen molar-refractivity contribution in [2.45, 2.75) is 6.54 Å². The molecule has 0 amide bonds. The number of para-hydroxylation sites is 2. The first-order chi connectivity index (χ1) is 16.8. The van der Waals surface area contributed by atoms with E-state index in [1.165, 1.54) is 11.3 Å². The first-order valence-corrected chi connectivity index (χ1v) is 11.5. The summed E-state index contributed by atoms with van der Waals surface area (Å²) in [6.07, 6.45) is 5.78. The normalized spacial score (nSPS) is 11.7. The van der Waals surface area contributed by atoms with E-state index in [0.29, 0.717) is 6.54 Å². The van der Waals surface area contributed by atoms with Crippen LogP contribution in [0.1, 0.15) is 16.4 Å². The molecule has 6 rings (SSSR count). The molecule has 0 aliphatic carbocycles. The van der Waals surface area contributed by atoms with Crippen LogP contribution in [0.3, 0.4) is 0 Å². The van der Waals surface area contributed by atoms with Gasteiger partial charge in [0.05, 0.1) is 24.7 Å². The average Bonchev–Trinajstić information content (AvgIpc) is 3.57. The summed E-state index contributed by atoms with van der Waals surface area (Å²) in [5.74, 6) is 2.35. The van der Waals surface area contributed by atoms with Crippen LogP contribution in [0.4, 0.5) is 0 Å². The Morgan fingerprint density at radius 3 is 2.62 bits per heavy atom. The maximum absolute atomic E-state index is 5.22. The van der Waals surface area contributed by atoms with Crippen molar-refractivity contribution in [3.63, 3.8) is 0 Å². The molecule has 6 aromatic rings. The standard InChI is InChI=1S/C25H19N7OS/c1-33-18-12-9-17(10-13-18)11-14-23-30-32-22(28-29-25(32)34-23)16-31-21-8-3-2-6-19(21)27-24(31)20-7-4-5-15-26-20/h2-15H,16H2,1H3. The molecule has 166 valence electrons. The van der Waals surface area contributed by atoms with Crippen molar-refractivity contribution in [2.24, 2.45) is 0 Å². The molecule has 0 bridgehead atoms. The highest BCUT2D eigenvalue weighted by atomic mass is 32.1. The van der Waals surface area contributed by atoms with E-state index in [9.17, 15) is 0 Å². The fraction of sp³-hybridized carbons (Fsp3) is 0.0800. The van der Waals surface area contributed by atoms with E-state index < -0.39 is 0 Å². The van der Waals surface area contributed by atoms with Gasteiger partial charge in [-0.15, -0.1) is 10.2 Å². The van der Waals surface area contributed by atoms with Crippen LogP contribution in [0.5, 0.6) is 5.75 Å². The first kappa shape index (κ1) is 20.3. The number of methoxy groups -OCH3 is 1. The number of benzene rings is 2. The Morgan fingerprint density at radius 2 is 1.79 bits per heavy atom. The molecule has 0 radical (unpaired) electrons. The highest BCUT2D eigenvalue weighted by Gasteiger charge is 2.17. The van der Waals surface area contributed by atoms with Gasteiger partial charge in [0, 0.05) is 6.20 Å². The van der Waals surface area contributed by atoms with Gasteiger partial charge in [-0.3, -0.25) is 4.98 Å². The molecule has 0 aliphatic rings. The van der Waals surface area contributed by atoms with Gasteiger partial charge in [-0.05, 0) is 48.0 Å². The Balaban J connectivity index is 1.35. The van der Waals surface area contributed by atoms with Gasteiger partial charge in [0.15, 0.2) is 11.6 Å². The fourth-order valence-corrected chi connectivity index (χ4v) is 4.55. The minimum absolute atomic E-state index is 0.471. The van der Waals surface area contributed by atoms with E-state index in [0.717, 1.165) is 49.7 Å². The highest BCUT2D eigenvalue weighted by Crippen LogP contribution is 2.25. The van der Waals surface area contributed by atoms with Gasteiger partial charge < -0.3 is 9.30 Å². The number of pyridine rings is 1. The quantitative estimate of drug-likeness (QED) is 0.351. The molecule has 0 atom stereocenters. The molecule has 0 fully saturated rings. The molecule has 0 aliphatic heterocycles. The Kier molecular flexibility index (Phi) is 5.08.